The third kappa shape index (κ3) is 8.09. The highest BCUT2D eigenvalue weighted by Gasteiger charge is 2.45. The number of nitrogens with one attached hydrogen (secondary N) is 3. The summed E-state index contributed by atoms with van der Waals surface area (Å²) in [4.78, 5) is 75.0. The molecule has 2 aromatic heterocycles. The SMILES string of the molecule is COc1cc2nc(C3CCC(CN(C)CCCNc4cccc5c4C(=O)N(C4CCC(=O)NC4=O)C5=O)CC3)sc2cc1NC(=O)c1cccc(C(F)(F)F)n1. The second kappa shape index (κ2) is 16.0. The van der Waals surface area contributed by atoms with Crippen LogP contribution in [-0.4, -0.2) is 89.1 Å². The Morgan fingerprint density at radius 3 is 2.50 bits per heavy atom. The Balaban J connectivity index is 0.888. The summed E-state index contributed by atoms with van der Waals surface area (Å²) < 4.78 is 45.8. The largest absolute Gasteiger partial charge is 0.494 e. The summed E-state index contributed by atoms with van der Waals surface area (Å²) in [7, 11) is 3.54. The minimum atomic E-state index is -4.67. The van der Waals surface area contributed by atoms with E-state index in [4.69, 9.17) is 9.72 Å². The van der Waals surface area contributed by atoms with E-state index in [0.717, 1.165) is 77.5 Å². The Bertz CT molecular complexity index is 2200. The van der Waals surface area contributed by atoms with Crippen LogP contribution in [0.3, 0.4) is 0 Å². The number of halogens is 3. The first kappa shape index (κ1) is 38.8. The number of imide groups is 2. The molecule has 7 rings (SSSR count). The summed E-state index contributed by atoms with van der Waals surface area (Å²) in [5.41, 5.74) is 0.552. The van der Waals surface area contributed by atoms with Crippen LogP contribution in [0.4, 0.5) is 24.5 Å². The number of anilines is 2. The quantitative estimate of drug-likeness (QED) is 0.113. The molecule has 0 bridgehead atoms. The molecule has 1 unspecified atom stereocenters. The lowest BCUT2D eigenvalue weighted by molar-refractivity contribution is -0.141. The maximum absolute atomic E-state index is 13.4. The van der Waals surface area contributed by atoms with Crippen LogP contribution >= 0.6 is 11.3 Å². The van der Waals surface area contributed by atoms with Gasteiger partial charge in [-0.15, -0.1) is 11.3 Å². The van der Waals surface area contributed by atoms with Crippen molar-refractivity contribution in [3.05, 3.63) is 76.1 Å². The maximum Gasteiger partial charge on any atom is 0.433 e. The molecule has 1 atom stereocenters. The van der Waals surface area contributed by atoms with Gasteiger partial charge in [-0.2, -0.15) is 13.2 Å². The van der Waals surface area contributed by atoms with Crippen molar-refractivity contribution in [2.75, 3.05) is 44.4 Å². The first-order valence-electron chi connectivity index (χ1n) is 18.4. The van der Waals surface area contributed by atoms with Gasteiger partial charge in [0.15, 0.2) is 0 Å². The highest BCUT2D eigenvalue weighted by molar-refractivity contribution is 7.18. The summed E-state index contributed by atoms with van der Waals surface area (Å²) in [6, 6.07) is 10.6. The Labute approximate surface area is 324 Å². The normalized spacial score (nSPS) is 20.0. The van der Waals surface area contributed by atoms with Gasteiger partial charge in [0.05, 0.1) is 39.1 Å². The standard InChI is InChI=1S/C39H40F3N7O6S/c1-48(17-5-16-43-24-7-3-6-23-33(24)38(54)49(37(23)53)28-14-15-32(50)47-35(28)52)20-21-10-12-22(13-11-21)36-46-27-18-29(55-2)26(19-30(27)56-36)45-34(51)25-8-4-9-31(44-25)39(40,41)42/h3-4,6-9,18-19,21-22,28,43H,5,10-17,20H2,1-2H3,(H,45,51)(H,47,50,52). The molecule has 17 heteroatoms. The predicted molar refractivity (Wildman–Crippen MR) is 202 cm³/mol. The molecule has 1 saturated carbocycles. The van der Waals surface area contributed by atoms with E-state index in [-0.39, 0.29) is 35.6 Å². The number of fused-ring (bicyclic) bond motifs is 2. The number of methoxy groups -OCH3 is 1. The van der Waals surface area contributed by atoms with Gasteiger partial charge in [-0.05, 0) is 88.4 Å². The Hall–Kier alpha value is -5.42. The average molecular weight is 792 g/mol. The number of carbonyl (C=O) groups is 5. The minimum absolute atomic E-state index is 0.0623. The molecular weight excluding hydrogens is 752 g/mol. The molecule has 0 spiro atoms. The number of hydrogen-bond donors (Lipinski definition) is 3. The topological polar surface area (TPSA) is 163 Å². The first-order valence-corrected chi connectivity index (χ1v) is 19.2. The van der Waals surface area contributed by atoms with Crippen molar-refractivity contribution in [2.24, 2.45) is 5.92 Å². The molecule has 294 valence electrons. The van der Waals surface area contributed by atoms with Gasteiger partial charge in [-0.25, -0.2) is 9.97 Å². The monoisotopic (exact) mass is 791 g/mol. The van der Waals surface area contributed by atoms with Crippen LogP contribution in [0.1, 0.15) is 92.8 Å². The van der Waals surface area contributed by atoms with E-state index in [0.29, 0.717) is 29.6 Å². The Kier molecular flexibility index (Phi) is 11.1. The summed E-state index contributed by atoms with van der Waals surface area (Å²) in [5.74, 6) is -1.78. The lowest BCUT2D eigenvalue weighted by Crippen LogP contribution is -2.54. The third-order valence-electron chi connectivity index (χ3n) is 10.5. The number of hydrogen-bond acceptors (Lipinski definition) is 11. The van der Waals surface area contributed by atoms with Crippen molar-refractivity contribution >= 4 is 62.5 Å². The minimum Gasteiger partial charge on any atom is -0.494 e. The Morgan fingerprint density at radius 1 is 1.00 bits per heavy atom. The number of carbonyl (C=O) groups excluding carboxylic acids is 5. The zero-order valence-corrected chi connectivity index (χ0v) is 31.5. The van der Waals surface area contributed by atoms with Gasteiger partial charge in [0.1, 0.15) is 23.2 Å². The van der Waals surface area contributed by atoms with Gasteiger partial charge in [-0.1, -0.05) is 12.1 Å². The molecule has 4 aromatic rings. The average Bonchev–Trinajstić information content (AvgIpc) is 3.70. The van der Waals surface area contributed by atoms with E-state index in [1.165, 1.54) is 24.5 Å². The predicted octanol–water partition coefficient (Wildman–Crippen LogP) is 6.08. The van der Waals surface area contributed by atoms with Crippen LogP contribution in [0.15, 0.2) is 48.5 Å². The first-order chi connectivity index (χ1) is 26.8. The van der Waals surface area contributed by atoms with Gasteiger partial charge < -0.3 is 20.3 Å². The van der Waals surface area contributed by atoms with Gasteiger partial charge in [0.2, 0.25) is 11.8 Å². The molecule has 1 saturated heterocycles. The van der Waals surface area contributed by atoms with Crippen molar-refractivity contribution in [1.29, 1.82) is 0 Å². The molecule has 2 aromatic carbocycles. The number of thiazole rings is 1. The van der Waals surface area contributed by atoms with Gasteiger partial charge >= 0.3 is 6.18 Å². The number of aromatic nitrogens is 2. The fourth-order valence-corrected chi connectivity index (χ4v) is 8.84. The zero-order valence-electron chi connectivity index (χ0n) is 30.7. The van der Waals surface area contributed by atoms with Crippen molar-refractivity contribution in [2.45, 2.75) is 63.1 Å². The summed E-state index contributed by atoms with van der Waals surface area (Å²) >= 11 is 1.54. The number of piperidine rings is 1. The van der Waals surface area contributed by atoms with E-state index in [1.54, 1.807) is 30.3 Å². The van der Waals surface area contributed by atoms with Crippen LogP contribution in [0.25, 0.3) is 10.2 Å². The van der Waals surface area contributed by atoms with Crippen LogP contribution in [0.5, 0.6) is 5.75 Å². The molecule has 0 radical (unpaired) electrons. The summed E-state index contributed by atoms with van der Waals surface area (Å²) in [6.07, 6.45) is 0.308. The van der Waals surface area contributed by atoms with Crippen LogP contribution < -0.4 is 20.7 Å². The van der Waals surface area contributed by atoms with Gasteiger partial charge in [0, 0.05) is 37.2 Å². The summed E-state index contributed by atoms with van der Waals surface area (Å²) in [5, 5.41) is 9.17. The second-order valence-corrected chi connectivity index (χ2v) is 15.4. The van der Waals surface area contributed by atoms with E-state index < -0.39 is 47.4 Å². The molecule has 2 aliphatic heterocycles. The zero-order chi connectivity index (χ0) is 39.7. The number of amides is 5. The molecule has 2 fully saturated rings. The lowest BCUT2D eigenvalue weighted by atomic mass is 9.82. The number of alkyl halides is 3. The van der Waals surface area contributed by atoms with E-state index in [9.17, 15) is 37.1 Å². The van der Waals surface area contributed by atoms with Crippen molar-refractivity contribution in [1.82, 2.24) is 25.1 Å². The number of rotatable bonds is 12. The fraction of sp³-hybridized carbons (Fsp3) is 0.410. The number of pyridine rings is 1. The molecule has 5 amide bonds. The highest BCUT2D eigenvalue weighted by Crippen LogP contribution is 2.41. The molecule has 1 aliphatic carbocycles. The maximum atomic E-state index is 13.4. The summed E-state index contributed by atoms with van der Waals surface area (Å²) in [6.45, 7) is 2.32. The van der Waals surface area contributed by atoms with E-state index in [2.05, 4.69) is 32.9 Å². The Morgan fingerprint density at radius 2 is 1.77 bits per heavy atom. The van der Waals surface area contributed by atoms with E-state index in [1.807, 2.05) is 0 Å². The van der Waals surface area contributed by atoms with Crippen molar-refractivity contribution in [3.8, 4) is 5.75 Å². The van der Waals surface area contributed by atoms with Crippen LogP contribution in [0, 0.1) is 5.92 Å². The number of nitrogens with zero attached hydrogens (tertiary/aromatic N) is 4. The molecule has 13 nitrogen and oxygen atoms in total. The van der Waals surface area contributed by atoms with E-state index >= 15 is 0 Å². The smallest absolute Gasteiger partial charge is 0.433 e. The van der Waals surface area contributed by atoms with Gasteiger partial charge in [0.25, 0.3) is 17.7 Å². The van der Waals surface area contributed by atoms with Crippen molar-refractivity contribution < 1.29 is 41.9 Å². The molecular formula is C39H40F3N7O6S. The lowest BCUT2D eigenvalue weighted by Gasteiger charge is -2.30. The van der Waals surface area contributed by atoms with Crippen molar-refractivity contribution in [3.63, 3.8) is 0 Å². The third-order valence-corrected chi connectivity index (χ3v) is 11.7. The van der Waals surface area contributed by atoms with Crippen LogP contribution in [-0.2, 0) is 15.8 Å². The van der Waals surface area contributed by atoms with Crippen LogP contribution in [0.2, 0.25) is 0 Å². The van der Waals surface area contributed by atoms with Gasteiger partial charge in [-0.3, -0.25) is 34.2 Å². The number of benzene rings is 2. The molecule has 3 aliphatic rings. The molecule has 4 heterocycles. The number of ether oxygens (including phenoxy) is 1. The highest BCUT2D eigenvalue weighted by atomic mass is 32.1. The fourth-order valence-electron chi connectivity index (χ4n) is 7.68. The molecule has 3 N–H and O–H groups in total. The second-order valence-electron chi connectivity index (χ2n) is 14.4. The molecule has 56 heavy (non-hydrogen) atoms.